The Balaban J connectivity index is 1.94. The van der Waals surface area contributed by atoms with Crippen LogP contribution in [0.1, 0.15) is 44.6 Å². The van der Waals surface area contributed by atoms with Crippen LogP contribution in [-0.2, 0) is 11.2 Å². The van der Waals surface area contributed by atoms with Gasteiger partial charge in [0.2, 0.25) is 0 Å². The fourth-order valence-electron chi connectivity index (χ4n) is 2.86. The number of halogens is 2. The number of hydrogen-bond acceptors (Lipinski definition) is 2. The lowest BCUT2D eigenvalue weighted by Gasteiger charge is -2.21. The number of rotatable bonds is 8. The largest absolute Gasteiger partial charge is 0.378 e. The van der Waals surface area contributed by atoms with E-state index in [9.17, 15) is 0 Å². The zero-order valence-corrected chi connectivity index (χ0v) is 14.2. The molecule has 1 aliphatic heterocycles. The molecule has 1 fully saturated rings. The highest BCUT2D eigenvalue weighted by Crippen LogP contribution is 2.27. The van der Waals surface area contributed by atoms with Gasteiger partial charge in [-0.3, -0.25) is 0 Å². The second-order valence-corrected chi connectivity index (χ2v) is 6.58. The van der Waals surface area contributed by atoms with E-state index in [1.807, 2.05) is 18.2 Å². The third kappa shape index (κ3) is 5.45. The van der Waals surface area contributed by atoms with Gasteiger partial charge in [0, 0.05) is 22.7 Å². The molecule has 0 bridgehead atoms. The van der Waals surface area contributed by atoms with Gasteiger partial charge in [-0.1, -0.05) is 36.2 Å². The summed E-state index contributed by atoms with van der Waals surface area (Å²) in [5.41, 5.74) is 1.06. The SMILES string of the molecule is CCCNC(CCC1CCCO1)Cc1c(Cl)cccc1Cl. The van der Waals surface area contributed by atoms with Crippen LogP contribution in [0, 0.1) is 0 Å². The van der Waals surface area contributed by atoms with Crippen molar-refractivity contribution >= 4 is 23.2 Å². The van der Waals surface area contributed by atoms with Crippen LogP contribution in [0.2, 0.25) is 10.0 Å². The normalized spacial score (nSPS) is 19.9. The third-order valence-electron chi connectivity index (χ3n) is 4.06. The maximum absolute atomic E-state index is 6.30. The van der Waals surface area contributed by atoms with Crippen molar-refractivity contribution in [3.8, 4) is 0 Å². The summed E-state index contributed by atoms with van der Waals surface area (Å²) < 4.78 is 5.73. The van der Waals surface area contributed by atoms with E-state index in [0.29, 0.717) is 12.1 Å². The monoisotopic (exact) mass is 329 g/mol. The van der Waals surface area contributed by atoms with Gasteiger partial charge in [-0.15, -0.1) is 0 Å². The fourth-order valence-corrected chi connectivity index (χ4v) is 3.41. The van der Waals surface area contributed by atoms with Crippen molar-refractivity contribution in [2.24, 2.45) is 0 Å². The lowest BCUT2D eigenvalue weighted by atomic mass is 9.99. The minimum Gasteiger partial charge on any atom is -0.378 e. The van der Waals surface area contributed by atoms with Crippen LogP contribution >= 0.6 is 23.2 Å². The maximum Gasteiger partial charge on any atom is 0.0576 e. The van der Waals surface area contributed by atoms with E-state index in [2.05, 4.69) is 12.2 Å². The molecule has 0 saturated carbocycles. The highest BCUT2D eigenvalue weighted by Gasteiger charge is 2.19. The molecule has 1 aromatic carbocycles. The molecule has 2 atom stereocenters. The molecule has 1 aliphatic rings. The molecule has 118 valence electrons. The minimum absolute atomic E-state index is 0.409. The van der Waals surface area contributed by atoms with Gasteiger partial charge in [0.15, 0.2) is 0 Å². The van der Waals surface area contributed by atoms with Crippen molar-refractivity contribution in [1.82, 2.24) is 5.32 Å². The molecule has 2 nitrogen and oxygen atoms in total. The van der Waals surface area contributed by atoms with Crippen LogP contribution in [0.4, 0.5) is 0 Å². The second kappa shape index (κ2) is 8.99. The van der Waals surface area contributed by atoms with Crippen LogP contribution in [0.5, 0.6) is 0 Å². The number of ether oxygens (including phenoxy) is 1. The maximum atomic E-state index is 6.30. The number of benzene rings is 1. The van der Waals surface area contributed by atoms with E-state index >= 15 is 0 Å². The van der Waals surface area contributed by atoms with Crippen molar-refractivity contribution in [3.63, 3.8) is 0 Å². The molecular weight excluding hydrogens is 305 g/mol. The molecule has 4 heteroatoms. The quantitative estimate of drug-likeness (QED) is 0.735. The molecule has 2 unspecified atom stereocenters. The molecule has 21 heavy (non-hydrogen) atoms. The number of nitrogens with one attached hydrogen (secondary N) is 1. The van der Waals surface area contributed by atoms with E-state index in [-0.39, 0.29) is 0 Å². The summed E-state index contributed by atoms with van der Waals surface area (Å²) in [5, 5.41) is 5.16. The fraction of sp³-hybridized carbons (Fsp3) is 0.647. The summed E-state index contributed by atoms with van der Waals surface area (Å²) in [7, 11) is 0. The molecule has 0 spiro atoms. The van der Waals surface area contributed by atoms with E-state index in [1.165, 1.54) is 12.8 Å². The Bertz CT molecular complexity index is 413. The Morgan fingerprint density at radius 2 is 2.10 bits per heavy atom. The standard InChI is InChI=1S/C17H25Cl2NO/c1-2-10-20-13(8-9-14-5-4-11-21-14)12-15-16(18)6-3-7-17(15)19/h3,6-7,13-14,20H,2,4-5,8-12H2,1H3. The highest BCUT2D eigenvalue weighted by atomic mass is 35.5. The summed E-state index contributed by atoms with van der Waals surface area (Å²) in [5.74, 6) is 0. The molecule has 1 aromatic rings. The van der Waals surface area contributed by atoms with E-state index < -0.39 is 0 Å². The molecule has 0 radical (unpaired) electrons. The minimum atomic E-state index is 0.409. The van der Waals surface area contributed by atoms with Gasteiger partial charge in [-0.25, -0.2) is 0 Å². The summed E-state index contributed by atoms with van der Waals surface area (Å²) in [6, 6.07) is 6.14. The van der Waals surface area contributed by atoms with E-state index in [0.717, 1.165) is 54.4 Å². The van der Waals surface area contributed by atoms with Gasteiger partial charge in [-0.05, 0) is 62.8 Å². The van der Waals surface area contributed by atoms with Gasteiger partial charge in [0.1, 0.15) is 0 Å². The van der Waals surface area contributed by atoms with Crippen molar-refractivity contribution in [3.05, 3.63) is 33.8 Å². The van der Waals surface area contributed by atoms with Gasteiger partial charge in [-0.2, -0.15) is 0 Å². The van der Waals surface area contributed by atoms with E-state index in [4.69, 9.17) is 27.9 Å². The van der Waals surface area contributed by atoms with Crippen LogP contribution < -0.4 is 5.32 Å². The van der Waals surface area contributed by atoms with Crippen molar-refractivity contribution in [2.75, 3.05) is 13.2 Å². The summed E-state index contributed by atoms with van der Waals surface area (Å²) in [4.78, 5) is 0. The average molecular weight is 330 g/mol. The molecule has 1 N–H and O–H groups in total. The van der Waals surface area contributed by atoms with Crippen LogP contribution in [-0.4, -0.2) is 25.3 Å². The smallest absolute Gasteiger partial charge is 0.0576 e. The van der Waals surface area contributed by atoms with Crippen LogP contribution in [0.3, 0.4) is 0 Å². The first-order chi connectivity index (χ1) is 10.2. The van der Waals surface area contributed by atoms with E-state index in [1.54, 1.807) is 0 Å². The van der Waals surface area contributed by atoms with Crippen molar-refractivity contribution < 1.29 is 4.74 Å². The Labute approximate surface area is 138 Å². The summed E-state index contributed by atoms with van der Waals surface area (Å²) >= 11 is 12.6. The van der Waals surface area contributed by atoms with Crippen LogP contribution in [0.15, 0.2) is 18.2 Å². The second-order valence-electron chi connectivity index (χ2n) is 5.77. The molecule has 0 amide bonds. The summed E-state index contributed by atoms with van der Waals surface area (Å²) in [6.07, 6.45) is 7.08. The average Bonchev–Trinajstić information content (AvgIpc) is 2.98. The molecular formula is C17H25Cl2NO. The first kappa shape index (κ1) is 17.1. The third-order valence-corrected chi connectivity index (χ3v) is 4.76. The van der Waals surface area contributed by atoms with Gasteiger partial charge in [0.05, 0.1) is 6.10 Å². The molecule has 1 heterocycles. The lowest BCUT2D eigenvalue weighted by Crippen LogP contribution is -2.33. The molecule has 2 rings (SSSR count). The molecule has 1 saturated heterocycles. The predicted molar refractivity (Wildman–Crippen MR) is 90.5 cm³/mol. The topological polar surface area (TPSA) is 21.3 Å². The van der Waals surface area contributed by atoms with Crippen molar-refractivity contribution in [2.45, 2.75) is 57.6 Å². The predicted octanol–water partition coefficient (Wildman–Crippen LogP) is 4.86. The Kier molecular flexibility index (Phi) is 7.31. The van der Waals surface area contributed by atoms with Gasteiger partial charge >= 0.3 is 0 Å². The Morgan fingerprint density at radius 1 is 1.33 bits per heavy atom. The number of hydrogen-bond donors (Lipinski definition) is 1. The molecule has 0 aromatic heterocycles. The van der Waals surface area contributed by atoms with Gasteiger partial charge < -0.3 is 10.1 Å². The van der Waals surface area contributed by atoms with Gasteiger partial charge in [0.25, 0.3) is 0 Å². The van der Waals surface area contributed by atoms with Crippen LogP contribution in [0.25, 0.3) is 0 Å². The zero-order valence-electron chi connectivity index (χ0n) is 12.7. The Morgan fingerprint density at radius 3 is 2.71 bits per heavy atom. The highest BCUT2D eigenvalue weighted by molar-refractivity contribution is 6.36. The first-order valence-electron chi connectivity index (χ1n) is 7.98. The lowest BCUT2D eigenvalue weighted by molar-refractivity contribution is 0.0995. The summed E-state index contributed by atoms with van der Waals surface area (Å²) in [6.45, 7) is 4.14. The first-order valence-corrected chi connectivity index (χ1v) is 8.74. The zero-order chi connectivity index (χ0) is 15.1. The van der Waals surface area contributed by atoms with Crippen molar-refractivity contribution in [1.29, 1.82) is 0 Å². The Hall–Kier alpha value is -0.280. The molecule has 0 aliphatic carbocycles.